The molecule has 0 radical (unpaired) electrons. The van der Waals surface area contributed by atoms with Crippen LogP contribution in [0.2, 0.25) is 5.02 Å². The minimum absolute atomic E-state index is 0.00741. The largest absolute Gasteiger partial charge is 0.383 e. The minimum Gasteiger partial charge on any atom is -0.383 e. The summed E-state index contributed by atoms with van der Waals surface area (Å²) in [6, 6.07) is 4.43. The van der Waals surface area contributed by atoms with Crippen LogP contribution in [-0.2, 0) is 16.1 Å². The van der Waals surface area contributed by atoms with Crippen LogP contribution in [0, 0.1) is 5.92 Å². The number of carbonyl (C=O) groups is 2. The number of nitrogens with one attached hydrogen (secondary N) is 2. The van der Waals surface area contributed by atoms with Crippen LogP contribution in [0.4, 0.5) is 17.2 Å². The van der Waals surface area contributed by atoms with E-state index in [0.29, 0.717) is 10.7 Å². The lowest BCUT2D eigenvalue weighted by Crippen LogP contribution is -2.44. The van der Waals surface area contributed by atoms with Crippen molar-refractivity contribution in [1.82, 2.24) is 9.55 Å². The van der Waals surface area contributed by atoms with Gasteiger partial charge in [0, 0.05) is 30.9 Å². The predicted octanol–water partition coefficient (Wildman–Crippen LogP) is 0.619. The molecule has 6 N–H and O–H groups in total. The van der Waals surface area contributed by atoms with E-state index in [0.717, 1.165) is 4.90 Å². The van der Waals surface area contributed by atoms with Crippen LogP contribution >= 0.6 is 11.6 Å². The molecular weight excluding hydrogens is 440 g/mol. The minimum atomic E-state index is -0.790. The number of aromatic amines is 1. The summed E-state index contributed by atoms with van der Waals surface area (Å²) in [6.45, 7) is 3.85. The van der Waals surface area contributed by atoms with E-state index >= 15 is 0 Å². The van der Waals surface area contributed by atoms with Gasteiger partial charge in [0.2, 0.25) is 5.91 Å². The van der Waals surface area contributed by atoms with Crippen molar-refractivity contribution in [2.75, 3.05) is 42.8 Å². The van der Waals surface area contributed by atoms with Gasteiger partial charge in [-0.15, -0.1) is 0 Å². The van der Waals surface area contributed by atoms with Crippen LogP contribution in [-0.4, -0.2) is 48.2 Å². The van der Waals surface area contributed by atoms with Gasteiger partial charge < -0.3 is 26.4 Å². The molecule has 0 spiro atoms. The van der Waals surface area contributed by atoms with Crippen molar-refractivity contribution in [3.63, 3.8) is 0 Å². The molecule has 0 saturated heterocycles. The fourth-order valence-electron chi connectivity index (χ4n) is 3.07. The van der Waals surface area contributed by atoms with Gasteiger partial charge in [-0.1, -0.05) is 25.4 Å². The summed E-state index contributed by atoms with van der Waals surface area (Å²) in [7, 11) is 1.45. The van der Waals surface area contributed by atoms with Crippen LogP contribution in [0.1, 0.15) is 24.2 Å². The second kappa shape index (κ2) is 10.8. The summed E-state index contributed by atoms with van der Waals surface area (Å²) in [4.78, 5) is 52.9. The summed E-state index contributed by atoms with van der Waals surface area (Å²) < 4.78 is 6.27. The molecule has 11 nitrogen and oxygen atoms in total. The van der Waals surface area contributed by atoms with E-state index in [2.05, 4.69) is 10.3 Å². The summed E-state index contributed by atoms with van der Waals surface area (Å²) in [6.07, 6.45) is 0. The Labute approximate surface area is 189 Å². The number of hydrogen-bond donors (Lipinski definition) is 4. The number of benzene rings is 1. The molecule has 0 aliphatic carbocycles. The van der Waals surface area contributed by atoms with Gasteiger partial charge in [-0.3, -0.25) is 23.9 Å². The average molecular weight is 467 g/mol. The molecule has 1 heterocycles. The monoisotopic (exact) mass is 466 g/mol. The van der Waals surface area contributed by atoms with Gasteiger partial charge in [0.05, 0.1) is 18.7 Å². The smallest absolute Gasteiger partial charge is 0.330 e. The molecule has 0 bridgehead atoms. The predicted molar refractivity (Wildman–Crippen MR) is 123 cm³/mol. The third kappa shape index (κ3) is 5.89. The van der Waals surface area contributed by atoms with E-state index < -0.39 is 23.1 Å². The maximum atomic E-state index is 13.1. The van der Waals surface area contributed by atoms with Crippen molar-refractivity contribution in [3.8, 4) is 0 Å². The first-order valence-corrected chi connectivity index (χ1v) is 10.2. The van der Waals surface area contributed by atoms with E-state index in [1.54, 1.807) is 0 Å². The lowest BCUT2D eigenvalue weighted by atomic mass is 10.1. The first-order valence-electron chi connectivity index (χ1n) is 9.81. The fraction of sp³-hybridized carbons (Fsp3) is 0.400. The number of nitrogens with zero attached hydrogens (tertiary/aromatic N) is 2. The maximum absolute atomic E-state index is 13.1. The average Bonchev–Trinajstić information content (AvgIpc) is 2.71. The Kier molecular flexibility index (Phi) is 8.44. The molecule has 0 fully saturated rings. The number of hydrogen-bond acceptors (Lipinski definition) is 7. The Morgan fingerprint density at radius 3 is 2.59 bits per heavy atom. The van der Waals surface area contributed by atoms with Crippen LogP contribution in [0.25, 0.3) is 0 Å². The Hall–Kier alpha value is -3.31. The number of methoxy groups -OCH3 is 1. The van der Waals surface area contributed by atoms with Crippen molar-refractivity contribution >= 4 is 40.6 Å². The normalized spacial score (nSPS) is 10.9. The topological polar surface area (TPSA) is 166 Å². The highest BCUT2D eigenvalue weighted by Gasteiger charge is 2.24. The van der Waals surface area contributed by atoms with Gasteiger partial charge in [0.15, 0.2) is 5.69 Å². The Balaban J connectivity index is 2.41. The second-order valence-corrected chi connectivity index (χ2v) is 7.88. The zero-order valence-corrected chi connectivity index (χ0v) is 18.9. The molecule has 1 aromatic heterocycles. The zero-order valence-electron chi connectivity index (χ0n) is 18.1. The molecule has 0 atom stereocenters. The summed E-state index contributed by atoms with van der Waals surface area (Å²) >= 11 is 5.91. The molecule has 1 aromatic carbocycles. The van der Waals surface area contributed by atoms with Crippen molar-refractivity contribution in [2.24, 2.45) is 11.7 Å². The number of nitrogen functional groups attached to an aromatic ring is 1. The summed E-state index contributed by atoms with van der Waals surface area (Å²) in [5.41, 5.74) is 10.3. The molecule has 0 aliphatic heterocycles. The van der Waals surface area contributed by atoms with E-state index in [1.165, 1.54) is 29.9 Å². The highest BCUT2D eigenvalue weighted by Crippen LogP contribution is 2.21. The van der Waals surface area contributed by atoms with Gasteiger partial charge in [-0.25, -0.2) is 4.79 Å². The van der Waals surface area contributed by atoms with Gasteiger partial charge in [-0.2, -0.15) is 0 Å². The lowest BCUT2D eigenvalue weighted by molar-refractivity contribution is -0.117. The Bertz CT molecular complexity index is 1110. The molecule has 0 saturated carbocycles. The van der Waals surface area contributed by atoms with Crippen molar-refractivity contribution in [3.05, 3.63) is 49.6 Å². The van der Waals surface area contributed by atoms with Crippen LogP contribution < -0.4 is 32.9 Å². The zero-order chi connectivity index (χ0) is 24.0. The first kappa shape index (κ1) is 25.0. The molecule has 32 heavy (non-hydrogen) atoms. The lowest BCUT2D eigenvalue weighted by Gasteiger charge is -2.25. The van der Waals surface area contributed by atoms with Gasteiger partial charge in [-0.05, 0) is 24.1 Å². The SMILES string of the molecule is COCCN(C(=O)CNc1ccc(Cl)cc1C(N)=O)c1c(N)n(CC(C)C)c(=O)[nH]c1=O. The first-order chi connectivity index (χ1) is 15.1. The number of nitrogens with two attached hydrogens (primary N) is 2. The number of primary amides is 1. The molecule has 2 rings (SSSR count). The van der Waals surface area contributed by atoms with Gasteiger partial charge in [0.25, 0.3) is 11.5 Å². The number of H-pyrrole nitrogens is 1. The second-order valence-electron chi connectivity index (χ2n) is 7.44. The molecule has 174 valence electrons. The number of ether oxygens (including phenoxy) is 1. The van der Waals surface area contributed by atoms with Gasteiger partial charge >= 0.3 is 5.69 Å². The third-order valence-electron chi connectivity index (χ3n) is 4.53. The number of rotatable bonds is 10. The molecule has 0 unspecified atom stereocenters. The molecular formula is C20H27ClN6O5. The number of amides is 2. The van der Waals surface area contributed by atoms with Crippen molar-refractivity contribution < 1.29 is 14.3 Å². The molecule has 2 aromatic rings. The van der Waals surface area contributed by atoms with Crippen LogP contribution in [0.15, 0.2) is 27.8 Å². The van der Waals surface area contributed by atoms with Crippen LogP contribution in [0.3, 0.4) is 0 Å². The summed E-state index contributed by atoms with van der Waals surface area (Å²) in [5, 5.41) is 3.14. The highest BCUT2D eigenvalue weighted by molar-refractivity contribution is 6.31. The highest BCUT2D eigenvalue weighted by atomic mass is 35.5. The van der Waals surface area contributed by atoms with E-state index in [9.17, 15) is 19.2 Å². The number of aromatic nitrogens is 2. The molecule has 0 aliphatic rings. The maximum Gasteiger partial charge on any atom is 0.330 e. The number of anilines is 3. The van der Waals surface area contributed by atoms with Gasteiger partial charge in [0.1, 0.15) is 5.82 Å². The Morgan fingerprint density at radius 2 is 2.00 bits per heavy atom. The summed E-state index contributed by atoms with van der Waals surface area (Å²) in [5.74, 6) is -1.32. The van der Waals surface area contributed by atoms with E-state index in [-0.39, 0.29) is 49.2 Å². The molecule has 12 heteroatoms. The standard InChI is InChI=1S/C20H27ClN6O5/c1-11(2)10-27-17(22)16(19(30)25-20(27)31)26(6-7-32-3)15(28)9-24-14-5-4-12(21)8-13(14)18(23)29/h4-5,8,11,24H,6-7,9-10,22H2,1-3H3,(H2,23,29)(H,25,30,31). The third-order valence-corrected chi connectivity index (χ3v) is 4.76. The van der Waals surface area contributed by atoms with E-state index in [1.807, 2.05) is 13.8 Å². The van der Waals surface area contributed by atoms with Crippen LogP contribution in [0.5, 0.6) is 0 Å². The van der Waals surface area contributed by atoms with Crippen molar-refractivity contribution in [2.45, 2.75) is 20.4 Å². The van der Waals surface area contributed by atoms with E-state index in [4.69, 9.17) is 27.8 Å². The quantitative estimate of drug-likeness (QED) is 0.398. The number of carbonyl (C=O) groups excluding carboxylic acids is 2. The Morgan fingerprint density at radius 1 is 1.31 bits per heavy atom. The fourth-order valence-corrected chi connectivity index (χ4v) is 3.24. The van der Waals surface area contributed by atoms with Crippen molar-refractivity contribution in [1.29, 1.82) is 0 Å². The molecule has 2 amide bonds. The number of halogens is 1.